The molecule has 0 spiro atoms. The molecule has 1 aromatic rings. The molecule has 1 fully saturated rings. The van der Waals surface area contributed by atoms with Gasteiger partial charge in [-0.2, -0.15) is 0 Å². The Morgan fingerprint density at radius 1 is 1.33 bits per heavy atom. The molecule has 1 saturated carbocycles. The summed E-state index contributed by atoms with van der Waals surface area (Å²) >= 11 is 0. The summed E-state index contributed by atoms with van der Waals surface area (Å²) in [6.45, 7) is 0.784. The monoisotopic (exact) mass is 246 g/mol. The number of nitrogens with two attached hydrogens (primary N) is 1. The Kier molecular flexibility index (Phi) is 4.02. The Morgan fingerprint density at radius 3 is 2.56 bits per heavy atom. The van der Waals surface area contributed by atoms with E-state index in [1.807, 2.05) is 25.2 Å². The highest BCUT2D eigenvalue weighted by atomic mass is 16.2. The summed E-state index contributed by atoms with van der Waals surface area (Å²) in [5.41, 5.74) is 6.81. The fraction of sp³-hybridized carbons (Fsp3) is 0.533. The molecule has 0 bridgehead atoms. The van der Waals surface area contributed by atoms with Gasteiger partial charge in [0.05, 0.1) is 5.54 Å². The van der Waals surface area contributed by atoms with Crippen molar-refractivity contribution < 1.29 is 4.79 Å². The molecule has 98 valence electrons. The first-order valence-electron chi connectivity index (χ1n) is 6.70. The molecule has 3 heteroatoms. The number of likely N-dealkylation sites (N-methyl/N-ethyl adjacent to an activating group) is 1. The van der Waals surface area contributed by atoms with Gasteiger partial charge in [-0.15, -0.1) is 0 Å². The minimum Gasteiger partial charge on any atom is -0.344 e. The zero-order chi connectivity index (χ0) is 13.0. The first-order valence-corrected chi connectivity index (χ1v) is 6.70. The molecule has 1 aromatic carbocycles. The number of benzene rings is 1. The third kappa shape index (κ3) is 2.91. The molecule has 0 atom stereocenters. The molecule has 0 heterocycles. The van der Waals surface area contributed by atoms with E-state index in [0.29, 0.717) is 0 Å². The van der Waals surface area contributed by atoms with Crippen LogP contribution in [-0.4, -0.2) is 29.9 Å². The summed E-state index contributed by atoms with van der Waals surface area (Å²) in [4.78, 5) is 13.9. The Bertz CT molecular complexity index is 398. The standard InChI is InChI=1S/C15H22N2O/c1-17(14(18)15(16)10-6-11-15)12-5-9-13-7-3-2-4-8-13/h2-4,7-8H,5-6,9-12,16H2,1H3. The van der Waals surface area contributed by atoms with Crippen LogP contribution >= 0.6 is 0 Å². The number of carbonyl (C=O) groups is 1. The molecule has 0 saturated heterocycles. The molecule has 0 unspecified atom stereocenters. The van der Waals surface area contributed by atoms with Crippen LogP contribution in [-0.2, 0) is 11.2 Å². The summed E-state index contributed by atoms with van der Waals surface area (Å²) in [5.74, 6) is 0.113. The molecule has 2 N–H and O–H groups in total. The number of hydrogen-bond donors (Lipinski definition) is 1. The molecule has 3 nitrogen and oxygen atoms in total. The Balaban J connectivity index is 1.75. The van der Waals surface area contributed by atoms with Crippen molar-refractivity contribution in [3.05, 3.63) is 35.9 Å². The maximum atomic E-state index is 12.1. The van der Waals surface area contributed by atoms with Crippen LogP contribution in [0.5, 0.6) is 0 Å². The van der Waals surface area contributed by atoms with Gasteiger partial charge in [-0.25, -0.2) is 0 Å². The highest BCUT2D eigenvalue weighted by Crippen LogP contribution is 2.30. The van der Waals surface area contributed by atoms with Gasteiger partial charge in [0.25, 0.3) is 0 Å². The van der Waals surface area contributed by atoms with Crippen molar-refractivity contribution in [3.63, 3.8) is 0 Å². The van der Waals surface area contributed by atoms with Gasteiger partial charge >= 0.3 is 0 Å². The minimum absolute atomic E-state index is 0.113. The summed E-state index contributed by atoms with van der Waals surface area (Å²) in [6.07, 6.45) is 4.77. The van der Waals surface area contributed by atoms with Gasteiger partial charge in [0.2, 0.25) is 5.91 Å². The second-order valence-electron chi connectivity index (χ2n) is 5.33. The fourth-order valence-corrected chi connectivity index (χ4v) is 2.42. The third-order valence-electron chi connectivity index (χ3n) is 3.82. The highest BCUT2D eigenvalue weighted by Gasteiger charge is 2.41. The van der Waals surface area contributed by atoms with Gasteiger partial charge in [-0.3, -0.25) is 4.79 Å². The van der Waals surface area contributed by atoms with Gasteiger partial charge < -0.3 is 10.6 Å². The van der Waals surface area contributed by atoms with E-state index in [-0.39, 0.29) is 5.91 Å². The van der Waals surface area contributed by atoms with Crippen LogP contribution in [0.2, 0.25) is 0 Å². The van der Waals surface area contributed by atoms with E-state index in [1.54, 1.807) is 4.90 Å². The molecular weight excluding hydrogens is 224 g/mol. The van der Waals surface area contributed by atoms with E-state index in [0.717, 1.165) is 38.6 Å². The molecule has 2 rings (SSSR count). The molecule has 0 aliphatic heterocycles. The number of hydrogen-bond acceptors (Lipinski definition) is 2. The van der Waals surface area contributed by atoms with Crippen LogP contribution in [0.25, 0.3) is 0 Å². The molecule has 0 radical (unpaired) electrons. The molecule has 1 aliphatic rings. The maximum Gasteiger partial charge on any atom is 0.242 e. The average molecular weight is 246 g/mol. The van der Waals surface area contributed by atoms with Crippen LogP contribution < -0.4 is 5.73 Å². The lowest BCUT2D eigenvalue weighted by atomic mass is 9.76. The topological polar surface area (TPSA) is 46.3 Å². The van der Waals surface area contributed by atoms with Gasteiger partial charge in [0.15, 0.2) is 0 Å². The number of carbonyl (C=O) groups excluding carboxylic acids is 1. The van der Waals surface area contributed by atoms with E-state index in [4.69, 9.17) is 5.73 Å². The number of amides is 1. The minimum atomic E-state index is -0.554. The van der Waals surface area contributed by atoms with Crippen molar-refractivity contribution in [3.8, 4) is 0 Å². The van der Waals surface area contributed by atoms with Crippen molar-refractivity contribution in [2.45, 2.75) is 37.6 Å². The Labute approximate surface area is 109 Å². The number of aryl methyl sites for hydroxylation is 1. The van der Waals surface area contributed by atoms with Crippen LogP contribution in [0, 0.1) is 0 Å². The predicted octanol–water partition coefficient (Wildman–Crippen LogP) is 1.96. The second-order valence-corrected chi connectivity index (χ2v) is 5.33. The summed E-state index contributed by atoms with van der Waals surface area (Å²) in [5, 5.41) is 0. The van der Waals surface area contributed by atoms with Crippen molar-refractivity contribution in [2.75, 3.05) is 13.6 Å². The second kappa shape index (κ2) is 5.53. The summed E-state index contributed by atoms with van der Waals surface area (Å²) in [6, 6.07) is 10.4. The molecule has 1 amide bonds. The average Bonchev–Trinajstić information content (AvgIpc) is 2.36. The van der Waals surface area contributed by atoms with Gasteiger partial charge in [0, 0.05) is 13.6 Å². The Morgan fingerprint density at radius 2 is 2.00 bits per heavy atom. The largest absolute Gasteiger partial charge is 0.344 e. The first kappa shape index (κ1) is 13.1. The lowest BCUT2D eigenvalue weighted by Gasteiger charge is -2.39. The van der Waals surface area contributed by atoms with Crippen molar-refractivity contribution in [2.24, 2.45) is 5.73 Å². The molecular formula is C15H22N2O. The van der Waals surface area contributed by atoms with Gasteiger partial charge in [-0.05, 0) is 37.7 Å². The van der Waals surface area contributed by atoms with E-state index < -0.39 is 5.54 Å². The quantitative estimate of drug-likeness (QED) is 0.863. The fourth-order valence-electron chi connectivity index (χ4n) is 2.42. The smallest absolute Gasteiger partial charge is 0.242 e. The van der Waals surface area contributed by atoms with Crippen molar-refractivity contribution in [1.29, 1.82) is 0 Å². The van der Waals surface area contributed by atoms with Crippen molar-refractivity contribution >= 4 is 5.91 Å². The zero-order valence-electron chi connectivity index (χ0n) is 11.1. The molecule has 0 aromatic heterocycles. The van der Waals surface area contributed by atoms with Crippen LogP contribution in [0.3, 0.4) is 0 Å². The van der Waals surface area contributed by atoms with E-state index in [1.165, 1.54) is 5.56 Å². The molecule has 18 heavy (non-hydrogen) atoms. The number of nitrogens with zero attached hydrogens (tertiary/aromatic N) is 1. The lowest BCUT2D eigenvalue weighted by Crippen LogP contribution is -2.58. The zero-order valence-corrected chi connectivity index (χ0v) is 11.1. The predicted molar refractivity (Wildman–Crippen MR) is 73.2 cm³/mol. The normalized spacial score (nSPS) is 17.0. The lowest BCUT2D eigenvalue weighted by molar-refractivity contribution is -0.138. The first-order chi connectivity index (χ1) is 8.62. The maximum absolute atomic E-state index is 12.1. The van der Waals surface area contributed by atoms with Gasteiger partial charge in [0.1, 0.15) is 0 Å². The number of rotatable bonds is 5. The van der Waals surface area contributed by atoms with Gasteiger partial charge in [-0.1, -0.05) is 30.3 Å². The SMILES string of the molecule is CN(CCCc1ccccc1)C(=O)C1(N)CCC1. The van der Waals surface area contributed by atoms with E-state index >= 15 is 0 Å². The third-order valence-corrected chi connectivity index (χ3v) is 3.82. The van der Waals surface area contributed by atoms with E-state index in [2.05, 4.69) is 12.1 Å². The van der Waals surface area contributed by atoms with Crippen molar-refractivity contribution in [1.82, 2.24) is 4.90 Å². The van der Waals surface area contributed by atoms with Crippen LogP contribution in [0.15, 0.2) is 30.3 Å². The Hall–Kier alpha value is -1.35. The van der Waals surface area contributed by atoms with Crippen LogP contribution in [0.4, 0.5) is 0 Å². The summed E-state index contributed by atoms with van der Waals surface area (Å²) in [7, 11) is 1.86. The van der Waals surface area contributed by atoms with Crippen LogP contribution in [0.1, 0.15) is 31.2 Å². The molecule has 1 aliphatic carbocycles. The highest BCUT2D eigenvalue weighted by molar-refractivity contribution is 5.86. The summed E-state index contributed by atoms with van der Waals surface area (Å²) < 4.78 is 0. The van der Waals surface area contributed by atoms with E-state index in [9.17, 15) is 4.79 Å².